The third kappa shape index (κ3) is 3.99. The molecule has 0 spiro atoms. The fourth-order valence-corrected chi connectivity index (χ4v) is 2.52. The summed E-state index contributed by atoms with van der Waals surface area (Å²) in [7, 11) is 1.48. The Labute approximate surface area is 129 Å². The molecule has 1 aromatic rings. The van der Waals surface area contributed by atoms with Crippen LogP contribution in [0.2, 0.25) is 0 Å². The second-order valence-electron chi connectivity index (χ2n) is 3.62. The van der Waals surface area contributed by atoms with Gasteiger partial charge in [-0.1, -0.05) is 0 Å². The van der Waals surface area contributed by atoms with Gasteiger partial charge in [-0.25, -0.2) is 0 Å². The third-order valence-corrected chi connectivity index (χ3v) is 4.63. The number of methoxy groups -OCH3 is 1. The van der Waals surface area contributed by atoms with E-state index >= 15 is 0 Å². The number of benzene rings is 1. The molecule has 0 aliphatic carbocycles. The van der Waals surface area contributed by atoms with Crippen molar-refractivity contribution in [1.82, 2.24) is 0 Å². The number of ether oxygens (including phenoxy) is 1. The van der Waals surface area contributed by atoms with Crippen LogP contribution in [0.15, 0.2) is 15.0 Å². The number of aliphatic hydroxyl groups excluding tert-OH is 1. The largest absolute Gasteiger partial charge is 0.503 e. The lowest BCUT2D eigenvalue weighted by Crippen LogP contribution is -2.12. The van der Waals surface area contributed by atoms with E-state index in [2.05, 4.69) is 31.9 Å². The van der Waals surface area contributed by atoms with Crippen LogP contribution in [0.5, 0.6) is 11.5 Å². The molecule has 0 saturated heterocycles. The molecule has 0 amide bonds. The van der Waals surface area contributed by atoms with Crippen LogP contribution in [0, 0.1) is 0 Å². The summed E-state index contributed by atoms with van der Waals surface area (Å²) in [6.45, 7) is 0.113. The summed E-state index contributed by atoms with van der Waals surface area (Å²) in [6.07, 6.45) is 1.30. The van der Waals surface area contributed by atoms with Crippen molar-refractivity contribution >= 4 is 44.3 Å². The molecular weight excluding hydrogens is 389 g/mol. The summed E-state index contributed by atoms with van der Waals surface area (Å²) < 4.78 is 6.30. The first kappa shape index (κ1) is 18.0. The van der Waals surface area contributed by atoms with Crippen molar-refractivity contribution in [3.8, 4) is 11.5 Å². The quantitative estimate of drug-likeness (QED) is 0.704. The number of nitrogens with two attached hydrogens (primary N) is 1. The zero-order chi connectivity index (χ0) is 13.0. The van der Waals surface area contributed by atoms with E-state index in [0.29, 0.717) is 27.5 Å². The molecule has 7 heteroatoms. The lowest BCUT2D eigenvalue weighted by Gasteiger charge is -2.17. The molecule has 1 atom stereocenters. The van der Waals surface area contributed by atoms with Gasteiger partial charge in [-0.15, -0.1) is 12.4 Å². The van der Waals surface area contributed by atoms with Gasteiger partial charge in [-0.3, -0.25) is 0 Å². The van der Waals surface area contributed by atoms with E-state index in [1.807, 2.05) is 0 Å². The van der Waals surface area contributed by atoms with Crippen LogP contribution < -0.4 is 10.5 Å². The molecule has 0 saturated carbocycles. The maximum absolute atomic E-state index is 9.78. The molecule has 0 aliphatic heterocycles. The highest BCUT2D eigenvalue weighted by Gasteiger charge is 2.18. The number of phenols is 1. The summed E-state index contributed by atoms with van der Waals surface area (Å²) in [5.74, 6) is 0.409. The fraction of sp³-hybridized carbons (Fsp3) is 0.455. The molecule has 4 nitrogen and oxygen atoms in total. The average Bonchev–Trinajstić information content (AvgIpc) is 2.33. The number of hydrogen-bond acceptors (Lipinski definition) is 4. The number of rotatable bonds is 5. The number of phenolic OH excluding ortho intramolecular Hbond substituents is 1. The number of halogens is 3. The monoisotopic (exact) mass is 403 g/mol. The van der Waals surface area contributed by atoms with Gasteiger partial charge in [0, 0.05) is 17.1 Å². The van der Waals surface area contributed by atoms with Gasteiger partial charge in [0.2, 0.25) is 0 Å². The predicted molar refractivity (Wildman–Crippen MR) is 80.6 cm³/mol. The minimum atomic E-state index is -0.220. The lowest BCUT2D eigenvalue weighted by atomic mass is 10.0. The molecule has 0 unspecified atom stereocenters. The van der Waals surface area contributed by atoms with E-state index in [0.717, 1.165) is 5.56 Å². The van der Waals surface area contributed by atoms with Gasteiger partial charge in [-0.2, -0.15) is 0 Å². The summed E-state index contributed by atoms with van der Waals surface area (Å²) >= 11 is 6.66. The molecule has 1 rings (SSSR count). The van der Waals surface area contributed by atoms with Gasteiger partial charge in [0.25, 0.3) is 0 Å². The van der Waals surface area contributed by atoms with E-state index in [-0.39, 0.29) is 30.8 Å². The standard InChI is InChI=1S/C11H15Br2NO3.ClH/c1-17-8-5-6(7(14)3-2-4-15)9(12)10(13)11(8)16;/h5,7,15-16H,2-4,14H2,1H3;1H/t7-;/m1./s1. The van der Waals surface area contributed by atoms with Gasteiger partial charge >= 0.3 is 0 Å². The van der Waals surface area contributed by atoms with Crippen LogP contribution in [0.3, 0.4) is 0 Å². The molecule has 18 heavy (non-hydrogen) atoms. The van der Waals surface area contributed by atoms with Gasteiger partial charge in [0.1, 0.15) is 0 Å². The molecule has 0 bridgehead atoms. The summed E-state index contributed by atoms with van der Waals surface area (Å²) in [5, 5.41) is 18.6. The van der Waals surface area contributed by atoms with Gasteiger partial charge in [0.05, 0.1) is 11.6 Å². The molecule has 0 fully saturated rings. The Balaban J connectivity index is 0.00000289. The van der Waals surface area contributed by atoms with Crippen molar-refractivity contribution in [3.05, 3.63) is 20.6 Å². The van der Waals surface area contributed by atoms with Crippen molar-refractivity contribution in [2.45, 2.75) is 18.9 Å². The Bertz CT molecular complexity index is 404. The topological polar surface area (TPSA) is 75.7 Å². The Morgan fingerprint density at radius 2 is 2.00 bits per heavy atom. The molecular formula is C11H16Br2ClNO3. The number of aliphatic hydroxyl groups is 1. The maximum Gasteiger partial charge on any atom is 0.173 e. The minimum absolute atomic E-state index is 0. The first-order valence-electron chi connectivity index (χ1n) is 5.14. The maximum atomic E-state index is 9.78. The first-order valence-corrected chi connectivity index (χ1v) is 6.72. The molecule has 0 aromatic heterocycles. The van der Waals surface area contributed by atoms with E-state index < -0.39 is 0 Å². The second kappa shape index (κ2) is 8.22. The normalized spacial score (nSPS) is 11.8. The highest BCUT2D eigenvalue weighted by atomic mass is 79.9. The van der Waals surface area contributed by atoms with Crippen LogP contribution >= 0.6 is 44.3 Å². The Kier molecular flexibility index (Phi) is 8.21. The van der Waals surface area contributed by atoms with Crippen LogP contribution in [0.1, 0.15) is 24.4 Å². The van der Waals surface area contributed by atoms with Crippen molar-refractivity contribution in [1.29, 1.82) is 0 Å². The fourth-order valence-electron chi connectivity index (χ4n) is 1.50. The van der Waals surface area contributed by atoms with Gasteiger partial charge in [0.15, 0.2) is 11.5 Å². The Morgan fingerprint density at radius 3 is 2.50 bits per heavy atom. The zero-order valence-corrected chi connectivity index (χ0v) is 13.8. The van der Waals surface area contributed by atoms with E-state index in [1.165, 1.54) is 7.11 Å². The molecule has 104 valence electrons. The molecule has 4 N–H and O–H groups in total. The lowest BCUT2D eigenvalue weighted by molar-refractivity contribution is 0.279. The van der Waals surface area contributed by atoms with Crippen molar-refractivity contribution in [3.63, 3.8) is 0 Å². The summed E-state index contributed by atoms with van der Waals surface area (Å²) in [6, 6.07) is 1.48. The number of hydrogen-bond donors (Lipinski definition) is 3. The average molecular weight is 406 g/mol. The smallest absolute Gasteiger partial charge is 0.173 e. The Morgan fingerprint density at radius 1 is 1.39 bits per heavy atom. The first-order chi connectivity index (χ1) is 8.02. The predicted octanol–water partition coefficient (Wildman–Crippen LogP) is 3.12. The Hall–Kier alpha value is -0.0100. The number of aromatic hydroxyl groups is 1. The van der Waals surface area contributed by atoms with Crippen molar-refractivity contribution in [2.75, 3.05) is 13.7 Å². The van der Waals surface area contributed by atoms with Crippen LogP contribution in [0.25, 0.3) is 0 Å². The summed E-state index contributed by atoms with van der Waals surface area (Å²) in [4.78, 5) is 0. The summed E-state index contributed by atoms with van der Waals surface area (Å²) in [5.41, 5.74) is 6.86. The molecule has 0 radical (unpaired) electrons. The SMILES string of the molecule is COc1cc([C@H](N)CCCO)c(Br)c(Br)c1O.Cl. The van der Waals surface area contributed by atoms with Crippen molar-refractivity contribution < 1.29 is 14.9 Å². The molecule has 1 aromatic carbocycles. The minimum Gasteiger partial charge on any atom is -0.503 e. The van der Waals surface area contributed by atoms with E-state index in [1.54, 1.807) is 6.07 Å². The third-order valence-electron chi connectivity index (χ3n) is 2.47. The van der Waals surface area contributed by atoms with E-state index in [4.69, 9.17) is 15.6 Å². The van der Waals surface area contributed by atoms with Crippen molar-refractivity contribution in [2.24, 2.45) is 5.73 Å². The van der Waals surface area contributed by atoms with Gasteiger partial charge in [-0.05, 0) is 56.3 Å². The zero-order valence-electron chi connectivity index (χ0n) is 9.82. The van der Waals surface area contributed by atoms with E-state index in [9.17, 15) is 5.11 Å². The molecule has 0 aliphatic rings. The van der Waals surface area contributed by atoms with Crippen LogP contribution in [0.4, 0.5) is 0 Å². The highest BCUT2D eigenvalue weighted by molar-refractivity contribution is 9.13. The van der Waals surface area contributed by atoms with Crippen LogP contribution in [-0.4, -0.2) is 23.9 Å². The van der Waals surface area contributed by atoms with Crippen LogP contribution in [-0.2, 0) is 0 Å². The highest BCUT2D eigenvalue weighted by Crippen LogP contribution is 2.43. The van der Waals surface area contributed by atoms with Gasteiger partial charge < -0.3 is 20.7 Å². The molecule has 0 heterocycles. The second-order valence-corrected chi connectivity index (χ2v) is 5.20.